The first-order valence-corrected chi connectivity index (χ1v) is 13.2. The molecule has 1 aliphatic heterocycles. The highest BCUT2D eigenvalue weighted by Gasteiger charge is 2.33. The molecule has 0 aliphatic carbocycles. The second-order valence-electron chi connectivity index (χ2n) is 9.03. The molecular weight excluding hydrogens is 534 g/mol. The Kier molecular flexibility index (Phi) is 7.22. The van der Waals surface area contributed by atoms with Gasteiger partial charge in [0, 0.05) is 23.8 Å². The number of ether oxygens (including phenoxy) is 2. The molecule has 0 spiro atoms. The molecular formula is C29H25N3O7S. The summed E-state index contributed by atoms with van der Waals surface area (Å²) in [7, 11) is 1.56. The first-order valence-electron chi connectivity index (χ1n) is 12.4. The van der Waals surface area contributed by atoms with E-state index in [0.717, 1.165) is 0 Å². The van der Waals surface area contributed by atoms with Crippen molar-refractivity contribution in [2.75, 3.05) is 13.7 Å². The van der Waals surface area contributed by atoms with Crippen LogP contribution in [0, 0.1) is 17.0 Å². The Hall–Kier alpha value is -4.77. The molecule has 5 rings (SSSR count). The van der Waals surface area contributed by atoms with Gasteiger partial charge < -0.3 is 13.9 Å². The van der Waals surface area contributed by atoms with E-state index in [-0.39, 0.29) is 17.9 Å². The summed E-state index contributed by atoms with van der Waals surface area (Å²) in [6, 6.07) is 14.4. The molecule has 0 saturated heterocycles. The number of hydrogen-bond acceptors (Lipinski definition) is 9. The normalized spacial score (nSPS) is 15.0. The van der Waals surface area contributed by atoms with Crippen molar-refractivity contribution < 1.29 is 23.6 Å². The highest BCUT2D eigenvalue weighted by Crippen LogP contribution is 2.32. The van der Waals surface area contributed by atoms with Crippen LogP contribution >= 0.6 is 11.3 Å². The van der Waals surface area contributed by atoms with Crippen molar-refractivity contribution in [1.29, 1.82) is 0 Å². The third-order valence-corrected chi connectivity index (χ3v) is 7.52. The fraction of sp³-hybridized carbons (Fsp3) is 0.207. The first-order chi connectivity index (χ1) is 19.2. The number of benzene rings is 2. The lowest BCUT2D eigenvalue weighted by atomic mass is 9.96. The number of fused-ring (bicyclic) bond motifs is 1. The average molecular weight is 560 g/mol. The SMILES string of the molecule is CCOC(=O)C1=C(C)N=c2sc(=Cc3ccc(-c4ccc([N+](=O)[O-])cc4C)o3)c(=O)n2C1c1ccc(OC)cc1. The number of aryl methyl sites for hydroxylation is 1. The maximum atomic E-state index is 13.8. The minimum atomic E-state index is -0.738. The van der Waals surface area contributed by atoms with Crippen LogP contribution in [0.1, 0.15) is 36.8 Å². The maximum Gasteiger partial charge on any atom is 0.338 e. The Morgan fingerprint density at radius 2 is 1.93 bits per heavy atom. The molecule has 0 N–H and O–H groups in total. The summed E-state index contributed by atoms with van der Waals surface area (Å²) in [5.41, 5.74) is 2.54. The molecule has 2 aromatic carbocycles. The lowest BCUT2D eigenvalue weighted by Gasteiger charge is -2.24. The summed E-state index contributed by atoms with van der Waals surface area (Å²) in [4.78, 5) is 42.4. The first kappa shape index (κ1) is 26.8. The number of non-ortho nitro benzene ring substituents is 1. The molecule has 3 heterocycles. The molecule has 0 saturated carbocycles. The van der Waals surface area contributed by atoms with Gasteiger partial charge in [-0.25, -0.2) is 9.79 Å². The van der Waals surface area contributed by atoms with Gasteiger partial charge in [0.2, 0.25) is 0 Å². The zero-order valence-corrected chi connectivity index (χ0v) is 23.0. The lowest BCUT2D eigenvalue weighted by Crippen LogP contribution is -2.39. The van der Waals surface area contributed by atoms with Crippen LogP contribution < -0.4 is 19.6 Å². The van der Waals surface area contributed by atoms with Crippen molar-refractivity contribution >= 4 is 29.1 Å². The number of esters is 1. The van der Waals surface area contributed by atoms with Crippen molar-refractivity contribution in [2.45, 2.75) is 26.8 Å². The highest BCUT2D eigenvalue weighted by molar-refractivity contribution is 7.07. The Morgan fingerprint density at radius 1 is 1.18 bits per heavy atom. The number of nitrogens with zero attached hydrogens (tertiary/aromatic N) is 3. The number of carbonyl (C=O) groups is 1. The monoisotopic (exact) mass is 559 g/mol. The van der Waals surface area contributed by atoms with Crippen LogP contribution in [0.25, 0.3) is 17.4 Å². The van der Waals surface area contributed by atoms with Gasteiger partial charge in [0.1, 0.15) is 17.3 Å². The van der Waals surface area contributed by atoms with Crippen LogP contribution in [0.3, 0.4) is 0 Å². The molecule has 1 atom stereocenters. The van der Waals surface area contributed by atoms with E-state index in [1.165, 1.54) is 28.0 Å². The number of thiazole rings is 1. The smallest absolute Gasteiger partial charge is 0.338 e. The van der Waals surface area contributed by atoms with E-state index in [2.05, 4.69) is 4.99 Å². The second-order valence-corrected chi connectivity index (χ2v) is 10.0. The van der Waals surface area contributed by atoms with Gasteiger partial charge in [-0.1, -0.05) is 23.5 Å². The molecule has 11 heteroatoms. The lowest BCUT2D eigenvalue weighted by molar-refractivity contribution is -0.384. The second kappa shape index (κ2) is 10.8. The van der Waals surface area contributed by atoms with Crippen LogP contribution in [0.4, 0.5) is 5.69 Å². The molecule has 0 amide bonds. The summed E-state index contributed by atoms with van der Waals surface area (Å²) in [6.07, 6.45) is 1.63. The van der Waals surface area contributed by atoms with Crippen molar-refractivity contribution in [2.24, 2.45) is 4.99 Å². The average Bonchev–Trinajstić information content (AvgIpc) is 3.52. The molecule has 40 heavy (non-hydrogen) atoms. The number of nitro groups is 1. The van der Waals surface area contributed by atoms with Crippen molar-refractivity contribution in [3.63, 3.8) is 0 Å². The van der Waals surface area contributed by atoms with E-state index in [4.69, 9.17) is 13.9 Å². The summed E-state index contributed by atoms with van der Waals surface area (Å²) in [5, 5.41) is 11.1. The molecule has 0 radical (unpaired) electrons. The largest absolute Gasteiger partial charge is 0.497 e. The van der Waals surface area contributed by atoms with E-state index in [1.807, 2.05) is 12.1 Å². The number of furan rings is 1. The Balaban J connectivity index is 1.60. The molecule has 0 fully saturated rings. The number of methoxy groups -OCH3 is 1. The molecule has 4 aromatic rings. The van der Waals surface area contributed by atoms with E-state index < -0.39 is 16.9 Å². The van der Waals surface area contributed by atoms with Crippen molar-refractivity contribution in [3.8, 4) is 17.1 Å². The van der Waals surface area contributed by atoms with Crippen LogP contribution in [0.15, 0.2) is 80.1 Å². The summed E-state index contributed by atoms with van der Waals surface area (Å²) >= 11 is 1.19. The minimum Gasteiger partial charge on any atom is -0.497 e. The zero-order valence-electron chi connectivity index (χ0n) is 22.2. The van der Waals surface area contributed by atoms with E-state index in [1.54, 1.807) is 64.3 Å². The van der Waals surface area contributed by atoms with Gasteiger partial charge >= 0.3 is 5.97 Å². The number of rotatable bonds is 7. The van der Waals surface area contributed by atoms with Gasteiger partial charge in [0.25, 0.3) is 11.2 Å². The van der Waals surface area contributed by atoms with Crippen molar-refractivity contribution in [1.82, 2.24) is 4.57 Å². The molecule has 204 valence electrons. The molecule has 1 aliphatic rings. The minimum absolute atomic E-state index is 0.00182. The summed E-state index contributed by atoms with van der Waals surface area (Å²) in [5.74, 6) is 1.06. The standard InChI is InChI=1S/C29H25N3O7S/c1-5-38-28(34)25-17(3)30-29-31(26(25)18-6-9-20(37-4)10-7-18)27(33)24(40-29)15-21-11-13-23(39-21)22-12-8-19(32(35)36)14-16(22)2/h6-15,26H,5H2,1-4H3. The topological polar surface area (TPSA) is 126 Å². The predicted molar refractivity (Wildman–Crippen MR) is 149 cm³/mol. The fourth-order valence-corrected chi connectivity index (χ4v) is 5.66. The Morgan fingerprint density at radius 3 is 2.58 bits per heavy atom. The quantitative estimate of drug-likeness (QED) is 0.188. The van der Waals surface area contributed by atoms with Gasteiger partial charge in [-0.2, -0.15) is 0 Å². The van der Waals surface area contributed by atoms with Crippen LogP contribution in [-0.4, -0.2) is 29.2 Å². The molecule has 0 bridgehead atoms. The molecule has 2 aromatic heterocycles. The van der Waals surface area contributed by atoms with Gasteiger partial charge in [0.05, 0.1) is 40.5 Å². The highest BCUT2D eigenvalue weighted by atomic mass is 32.1. The Bertz CT molecular complexity index is 1850. The van der Waals surface area contributed by atoms with E-state index >= 15 is 0 Å². The zero-order chi connectivity index (χ0) is 28.6. The molecule has 1 unspecified atom stereocenters. The van der Waals surface area contributed by atoms with Gasteiger partial charge in [-0.3, -0.25) is 19.5 Å². The summed E-state index contributed by atoms with van der Waals surface area (Å²) < 4.78 is 18.5. The summed E-state index contributed by atoms with van der Waals surface area (Å²) in [6.45, 7) is 5.40. The van der Waals surface area contributed by atoms with E-state index in [9.17, 15) is 19.7 Å². The van der Waals surface area contributed by atoms with Gasteiger partial charge in [0.15, 0.2) is 4.80 Å². The predicted octanol–water partition coefficient (Wildman–Crippen LogP) is 4.28. The van der Waals surface area contributed by atoms with Gasteiger partial charge in [-0.05, 0) is 62.2 Å². The van der Waals surface area contributed by atoms with Crippen LogP contribution in [0.2, 0.25) is 0 Å². The Labute approximate surface area is 232 Å². The third kappa shape index (κ3) is 4.87. The number of nitro benzene ring substituents is 1. The third-order valence-electron chi connectivity index (χ3n) is 6.53. The van der Waals surface area contributed by atoms with Gasteiger partial charge in [-0.15, -0.1) is 0 Å². The number of aromatic nitrogens is 1. The van der Waals surface area contributed by atoms with E-state index in [0.29, 0.717) is 54.6 Å². The van der Waals surface area contributed by atoms with Crippen LogP contribution in [-0.2, 0) is 9.53 Å². The number of hydrogen-bond donors (Lipinski definition) is 0. The number of carbonyl (C=O) groups excluding carboxylic acids is 1. The molecule has 10 nitrogen and oxygen atoms in total. The van der Waals surface area contributed by atoms with Crippen molar-refractivity contribution in [3.05, 3.63) is 113 Å². The number of allylic oxidation sites excluding steroid dienone is 1. The van der Waals surface area contributed by atoms with Crippen LogP contribution in [0.5, 0.6) is 5.75 Å². The maximum absolute atomic E-state index is 13.8. The fourth-order valence-electron chi connectivity index (χ4n) is 4.64.